The molecule has 3 heteroatoms. The number of nitrogens with zero attached hydrogens (tertiary/aromatic N) is 1. The summed E-state index contributed by atoms with van der Waals surface area (Å²) in [7, 11) is 0. The Hall–Kier alpha value is -2.55. The van der Waals surface area contributed by atoms with Gasteiger partial charge in [-0.05, 0) is 48.7 Å². The van der Waals surface area contributed by atoms with E-state index < -0.39 is 5.97 Å². The molecular formula is C18H17NO2. The van der Waals surface area contributed by atoms with Crippen LogP contribution in [-0.4, -0.2) is 17.6 Å². The molecule has 21 heavy (non-hydrogen) atoms. The van der Waals surface area contributed by atoms with Gasteiger partial charge in [0, 0.05) is 24.0 Å². The Morgan fingerprint density at radius 1 is 1.19 bits per heavy atom. The van der Waals surface area contributed by atoms with Crippen molar-refractivity contribution in [2.45, 2.75) is 13.3 Å². The fourth-order valence-corrected chi connectivity index (χ4v) is 2.80. The van der Waals surface area contributed by atoms with E-state index in [1.54, 1.807) is 6.08 Å². The largest absolute Gasteiger partial charge is 0.478 e. The SMILES string of the molecule is Cc1ccc(N2CCc3ccccc32)c(/C=C/C(=O)O)c1. The first-order chi connectivity index (χ1) is 10.1. The Kier molecular flexibility index (Phi) is 3.48. The Labute approximate surface area is 124 Å². The van der Waals surface area contributed by atoms with E-state index in [-0.39, 0.29) is 0 Å². The van der Waals surface area contributed by atoms with Crippen LogP contribution in [0.3, 0.4) is 0 Å². The van der Waals surface area contributed by atoms with Crippen LogP contribution in [0.15, 0.2) is 48.5 Å². The average molecular weight is 279 g/mol. The third kappa shape index (κ3) is 2.68. The fourth-order valence-electron chi connectivity index (χ4n) is 2.80. The summed E-state index contributed by atoms with van der Waals surface area (Å²) in [5, 5.41) is 8.86. The topological polar surface area (TPSA) is 40.5 Å². The molecule has 1 N–H and O–H groups in total. The maximum Gasteiger partial charge on any atom is 0.328 e. The molecule has 0 aliphatic carbocycles. The van der Waals surface area contributed by atoms with Crippen molar-refractivity contribution in [3.05, 3.63) is 65.2 Å². The van der Waals surface area contributed by atoms with Crippen LogP contribution in [-0.2, 0) is 11.2 Å². The third-order valence-electron chi connectivity index (χ3n) is 3.77. The second kappa shape index (κ2) is 5.44. The number of hydrogen-bond acceptors (Lipinski definition) is 2. The highest BCUT2D eigenvalue weighted by molar-refractivity contribution is 5.88. The minimum Gasteiger partial charge on any atom is -0.478 e. The zero-order valence-electron chi connectivity index (χ0n) is 11.9. The lowest BCUT2D eigenvalue weighted by Gasteiger charge is -2.22. The zero-order valence-corrected chi connectivity index (χ0v) is 11.9. The number of benzene rings is 2. The van der Waals surface area contributed by atoms with Crippen LogP contribution < -0.4 is 4.90 Å². The van der Waals surface area contributed by atoms with Gasteiger partial charge in [-0.2, -0.15) is 0 Å². The highest BCUT2D eigenvalue weighted by Gasteiger charge is 2.21. The Morgan fingerprint density at radius 3 is 2.81 bits per heavy atom. The van der Waals surface area contributed by atoms with Gasteiger partial charge in [-0.1, -0.05) is 29.8 Å². The van der Waals surface area contributed by atoms with Gasteiger partial charge < -0.3 is 10.0 Å². The van der Waals surface area contributed by atoms with Crippen molar-refractivity contribution in [2.75, 3.05) is 11.4 Å². The average Bonchev–Trinajstić information content (AvgIpc) is 2.89. The molecule has 0 unspecified atom stereocenters. The number of aryl methyl sites for hydroxylation is 1. The number of carbonyl (C=O) groups is 1. The van der Waals surface area contributed by atoms with Crippen molar-refractivity contribution in [3.63, 3.8) is 0 Å². The molecule has 3 rings (SSSR count). The number of hydrogen-bond donors (Lipinski definition) is 1. The van der Waals surface area contributed by atoms with Crippen LogP contribution in [0.1, 0.15) is 16.7 Å². The second-order valence-electron chi connectivity index (χ2n) is 5.26. The van der Waals surface area contributed by atoms with Gasteiger partial charge in [0.25, 0.3) is 0 Å². The van der Waals surface area contributed by atoms with E-state index in [9.17, 15) is 4.79 Å². The van der Waals surface area contributed by atoms with Crippen LogP contribution in [0.25, 0.3) is 6.08 Å². The second-order valence-corrected chi connectivity index (χ2v) is 5.26. The Morgan fingerprint density at radius 2 is 2.00 bits per heavy atom. The molecule has 0 bridgehead atoms. The molecule has 0 atom stereocenters. The number of carboxylic acid groups (broad SMARTS) is 1. The molecule has 0 saturated carbocycles. The summed E-state index contributed by atoms with van der Waals surface area (Å²) in [6.45, 7) is 2.94. The van der Waals surface area contributed by atoms with Crippen LogP contribution in [0.4, 0.5) is 11.4 Å². The smallest absolute Gasteiger partial charge is 0.328 e. The fraction of sp³-hybridized carbons (Fsp3) is 0.167. The predicted octanol–water partition coefficient (Wildman–Crippen LogP) is 3.79. The van der Waals surface area contributed by atoms with E-state index in [0.717, 1.165) is 29.8 Å². The molecule has 3 nitrogen and oxygen atoms in total. The lowest BCUT2D eigenvalue weighted by atomic mass is 10.1. The number of aliphatic carboxylic acids is 1. The number of fused-ring (bicyclic) bond motifs is 1. The highest BCUT2D eigenvalue weighted by atomic mass is 16.4. The van der Waals surface area contributed by atoms with Crippen molar-refractivity contribution in [1.82, 2.24) is 0 Å². The summed E-state index contributed by atoms with van der Waals surface area (Å²) in [4.78, 5) is 13.0. The molecule has 1 aliphatic rings. The van der Waals surface area contributed by atoms with Crippen molar-refractivity contribution >= 4 is 23.4 Å². The van der Waals surface area contributed by atoms with Crippen LogP contribution in [0.5, 0.6) is 0 Å². The minimum absolute atomic E-state index is 0.927. The van der Waals surface area contributed by atoms with Crippen molar-refractivity contribution in [3.8, 4) is 0 Å². The quantitative estimate of drug-likeness (QED) is 0.869. The van der Waals surface area contributed by atoms with Crippen molar-refractivity contribution in [2.24, 2.45) is 0 Å². The molecule has 0 amide bonds. The van der Waals surface area contributed by atoms with Gasteiger partial charge in [0.1, 0.15) is 0 Å². The number of rotatable bonds is 3. The number of carboxylic acids is 1. The first-order valence-corrected chi connectivity index (χ1v) is 7.02. The summed E-state index contributed by atoms with van der Waals surface area (Å²) in [6.07, 6.45) is 3.89. The van der Waals surface area contributed by atoms with E-state index >= 15 is 0 Å². The van der Waals surface area contributed by atoms with Gasteiger partial charge in [0.05, 0.1) is 0 Å². The summed E-state index contributed by atoms with van der Waals surface area (Å²) < 4.78 is 0. The molecule has 0 spiro atoms. The van der Waals surface area contributed by atoms with Crippen molar-refractivity contribution < 1.29 is 9.90 Å². The molecule has 0 fully saturated rings. The standard InChI is InChI=1S/C18H17NO2/c1-13-6-8-17(15(12-13)7-9-18(20)21)19-11-10-14-4-2-3-5-16(14)19/h2-9,12H,10-11H2,1H3,(H,20,21)/b9-7+. The lowest BCUT2D eigenvalue weighted by Crippen LogP contribution is -2.14. The lowest BCUT2D eigenvalue weighted by molar-refractivity contribution is -0.131. The summed E-state index contributed by atoms with van der Waals surface area (Å²) >= 11 is 0. The van der Waals surface area contributed by atoms with Gasteiger partial charge in [0.15, 0.2) is 0 Å². The Balaban J connectivity index is 2.05. The molecule has 0 aromatic heterocycles. The molecule has 1 aliphatic heterocycles. The van der Waals surface area contributed by atoms with Crippen molar-refractivity contribution in [1.29, 1.82) is 0 Å². The van der Waals surface area contributed by atoms with Gasteiger partial charge in [-0.15, -0.1) is 0 Å². The summed E-state index contributed by atoms with van der Waals surface area (Å²) in [5.41, 5.74) is 5.67. The third-order valence-corrected chi connectivity index (χ3v) is 3.77. The predicted molar refractivity (Wildman–Crippen MR) is 85.0 cm³/mol. The summed E-state index contributed by atoms with van der Waals surface area (Å²) in [6, 6.07) is 14.5. The molecule has 1 heterocycles. The number of anilines is 2. The molecule has 2 aromatic rings. The van der Waals surface area contributed by atoms with Gasteiger partial charge in [0.2, 0.25) is 0 Å². The van der Waals surface area contributed by atoms with E-state index in [0.29, 0.717) is 0 Å². The maximum absolute atomic E-state index is 10.8. The maximum atomic E-state index is 10.8. The normalized spacial score (nSPS) is 13.7. The van der Waals surface area contributed by atoms with E-state index in [1.807, 2.05) is 19.1 Å². The van der Waals surface area contributed by atoms with Crippen LogP contribution >= 0.6 is 0 Å². The van der Waals surface area contributed by atoms with Crippen LogP contribution in [0.2, 0.25) is 0 Å². The van der Waals surface area contributed by atoms with E-state index in [1.165, 1.54) is 17.3 Å². The summed E-state index contributed by atoms with van der Waals surface area (Å²) in [5.74, 6) is -0.927. The van der Waals surface area contributed by atoms with Crippen LogP contribution in [0, 0.1) is 6.92 Å². The number of para-hydroxylation sites is 1. The first-order valence-electron chi connectivity index (χ1n) is 7.02. The van der Waals surface area contributed by atoms with Gasteiger partial charge in [-0.25, -0.2) is 4.79 Å². The van der Waals surface area contributed by atoms with Gasteiger partial charge >= 0.3 is 5.97 Å². The molecule has 2 aromatic carbocycles. The monoisotopic (exact) mass is 279 g/mol. The molecular weight excluding hydrogens is 262 g/mol. The van der Waals surface area contributed by atoms with E-state index in [2.05, 4.69) is 35.2 Å². The van der Waals surface area contributed by atoms with E-state index in [4.69, 9.17) is 5.11 Å². The minimum atomic E-state index is -0.927. The molecule has 0 radical (unpaired) electrons. The molecule has 0 saturated heterocycles. The first kappa shape index (κ1) is 13.4. The Bertz CT molecular complexity index is 719. The zero-order chi connectivity index (χ0) is 14.8. The molecule has 106 valence electrons. The van der Waals surface area contributed by atoms with Gasteiger partial charge in [-0.3, -0.25) is 0 Å². The highest BCUT2D eigenvalue weighted by Crippen LogP contribution is 2.36.